The molecule has 3 saturated heterocycles. The summed E-state index contributed by atoms with van der Waals surface area (Å²) in [4.78, 5) is 41.2. The second-order valence-corrected chi connectivity index (χ2v) is 22.9. The predicted octanol–water partition coefficient (Wildman–Crippen LogP) is 8.01. The number of nitro benzene ring substituents is 1. The summed E-state index contributed by atoms with van der Waals surface area (Å²) in [6.45, 7) is 9.85. The minimum atomic E-state index is -4.62. The van der Waals surface area contributed by atoms with Crippen molar-refractivity contribution in [3.63, 3.8) is 0 Å². The third-order valence-electron chi connectivity index (χ3n) is 16.6. The van der Waals surface area contributed by atoms with Gasteiger partial charge in [-0.3, -0.25) is 19.8 Å². The maximum Gasteiger partial charge on any atom is 0.293 e. The number of amides is 1. The van der Waals surface area contributed by atoms with E-state index in [1.807, 2.05) is 42.3 Å². The standard InChI is InChI=1S/C53H64N8O9S/c1-34-5-3-4-6-41(34)47-33-69-24-22-59(47)39-28-53(29-39)17-20-58(21-18-53)38-7-9-42(44(26-38)60-31-37-32-68-23-14-48(37)70-51-46(60)25-36-13-19-54-49(36)56-51)50(62)57-71(66,67)40-8-10-43(45(27-40)61(64)65)55-30-35-11-15-52(2,63)16-12-35/h3-10,13,19,25-27,35,37,39,47-48,55,63H,11-12,14-18,20-24,28-33H2,1-2H3,(H,54,56)(H,57,62)/t35-,37-,47-,48-,52-/m0/s1. The average Bonchev–Trinajstić information content (AvgIpc) is 3.75. The summed E-state index contributed by atoms with van der Waals surface area (Å²) in [6, 6.07) is 22.5. The van der Waals surface area contributed by atoms with Crippen molar-refractivity contribution in [3.05, 3.63) is 106 Å². The minimum Gasteiger partial charge on any atom is -0.472 e. The van der Waals surface area contributed by atoms with E-state index in [9.17, 15) is 28.4 Å². The van der Waals surface area contributed by atoms with Crippen LogP contribution >= 0.6 is 0 Å². The van der Waals surface area contributed by atoms with Crippen LogP contribution in [0.5, 0.6) is 5.88 Å². The van der Waals surface area contributed by atoms with E-state index in [0.29, 0.717) is 81.1 Å². The highest BCUT2D eigenvalue weighted by atomic mass is 32.2. The van der Waals surface area contributed by atoms with Gasteiger partial charge in [0.05, 0.1) is 59.1 Å². The van der Waals surface area contributed by atoms with Gasteiger partial charge in [0.1, 0.15) is 23.1 Å². The Hall–Kier alpha value is -5.79. The molecule has 0 bridgehead atoms. The van der Waals surface area contributed by atoms with Crippen LogP contribution in [0, 0.1) is 34.3 Å². The van der Waals surface area contributed by atoms with E-state index in [1.54, 1.807) is 6.07 Å². The predicted molar refractivity (Wildman–Crippen MR) is 270 cm³/mol. The van der Waals surface area contributed by atoms with Crippen LogP contribution in [0.4, 0.5) is 28.4 Å². The SMILES string of the molecule is Cc1ccccc1[C@@H]1COCCN1C1CC2(CCN(c3ccc(C(=O)NS(=O)(=O)c4ccc(NC[C@H]5CC[C@](C)(O)CC5)c([N+](=O)[O-])c4)c(N4C[C@H]5COCC[C@@H]5Oc5nc6[nH]ccc6cc54)c3)CC2)C1. The van der Waals surface area contributed by atoms with Crippen molar-refractivity contribution in [1.29, 1.82) is 0 Å². The van der Waals surface area contributed by atoms with Gasteiger partial charge in [-0.1, -0.05) is 24.3 Å². The summed E-state index contributed by atoms with van der Waals surface area (Å²) in [5.74, 6) is -0.380. The fraction of sp³-hybridized carbons (Fsp3) is 0.509. The summed E-state index contributed by atoms with van der Waals surface area (Å²) in [5.41, 5.74) is 4.74. The molecule has 4 aliphatic heterocycles. The monoisotopic (exact) mass is 988 g/mol. The molecular weight excluding hydrogens is 925 g/mol. The number of piperidine rings is 1. The number of aromatic nitrogens is 2. The Morgan fingerprint density at radius 1 is 0.944 bits per heavy atom. The van der Waals surface area contributed by atoms with E-state index in [1.165, 1.54) is 23.3 Å². The lowest BCUT2D eigenvalue weighted by Crippen LogP contribution is -2.57. The molecule has 376 valence electrons. The molecule has 1 amide bonds. The smallest absolute Gasteiger partial charge is 0.293 e. The maximum atomic E-state index is 14.7. The highest BCUT2D eigenvalue weighted by molar-refractivity contribution is 7.90. The quantitative estimate of drug-likeness (QED) is 0.0732. The third kappa shape index (κ3) is 9.56. The summed E-state index contributed by atoms with van der Waals surface area (Å²) < 4.78 is 49.3. The molecule has 0 radical (unpaired) electrons. The summed E-state index contributed by atoms with van der Waals surface area (Å²) in [5, 5.41) is 26.7. The Morgan fingerprint density at radius 3 is 2.52 bits per heavy atom. The molecule has 1 spiro atoms. The van der Waals surface area contributed by atoms with Gasteiger partial charge in [0.25, 0.3) is 21.6 Å². The number of hydrogen-bond acceptors (Lipinski definition) is 14. The second kappa shape index (κ2) is 19.0. The van der Waals surface area contributed by atoms with Gasteiger partial charge in [0.15, 0.2) is 0 Å². The van der Waals surface area contributed by atoms with Crippen molar-refractivity contribution < 1.29 is 37.5 Å². The lowest BCUT2D eigenvalue weighted by molar-refractivity contribution is -0.384. The van der Waals surface area contributed by atoms with Crippen molar-refractivity contribution in [3.8, 4) is 5.88 Å². The number of fused-ring (bicyclic) bond motifs is 3. The first-order valence-electron chi connectivity index (χ1n) is 25.3. The van der Waals surface area contributed by atoms with Crippen LogP contribution in [0.15, 0.2) is 83.9 Å². The molecular formula is C53H64N8O9S. The van der Waals surface area contributed by atoms with Gasteiger partial charge in [-0.05, 0) is 130 Å². The van der Waals surface area contributed by atoms with Crippen molar-refractivity contribution in [2.24, 2.45) is 17.3 Å². The molecule has 0 unspecified atom stereocenters. The van der Waals surface area contributed by atoms with Crippen LogP contribution in [0.3, 0.4) is 0 Å². The Kier molecular flexibility index (Phi) is 12.7. The van der Waals surface area contributed by atoms with E-state index in [2.05, 4.69) is 56.0 Å². The largest absolute Gasteiger partial charge is 0.472 e. The first-order valence-corrected chi connectivity index (χ1v) is 26.8. The topological polar surface area (TPSA) is 205 Å². The number of anilines is 4. The lowest BCUT2D eigenvalue weighted by Gasteiger charge is -2.57. The van der Waals surface area contributed by atoms with Crippen LogP contribution in [-0.2, 0) is 19.5 Å². The number of nitrogens with zero attached hydrogens (tertiary/aromatic N) is 5. The van der Waals surface area contributed by atoms with Crippen molar-refractivity contribution in [1.82, 2.24) is 19.6 Å². The number of aliphatic hydroxyl groups is 1. The fourth-order valence-corrected chi connectivity index (χ4v) is 13.2. The van der Waals surface area contributed by atoms with Gasteiger partial charge in [-0.2, -0.15) is 4.98 Å². The molecule has 6 heterocycles. The number of nitro groups is 1. The van der Waals surface area contributed by atoms with Gasteiger partial charge in [0, 0.05) is 74.4 Å². The number of benzene rings is 3. The van der Waals surface area contributed by atoms with Crippen LogP contribution in [0.1, 0.15) is 92.2 Å². The number of morpholine rings is 1. The second-order valence-electron chi connectivity index (χ2n) is 21.2. The molecule has 5 fully saturated rings. The van der Waals surface area contributed by atoms with Gasteiger partial charge in [0.2, 0.25) is 5.88 Å². The maximum absolute atomic E-state index is 14.7. The van der Waals surface area contributed by atoms with E-state index < -0.39 is 37.0 Å². The third-order valence-corrected chi connectivity index (χ3v) is 17.9. The van der Waals surface area contributed by atoms with E-state index in [4.69, 9.17) is 19.2 Å². The fourth-order valence-electron chi connectivity index (χ4n) is 12.3. The van der Waals surface area contributed by atoms with Crippen LogP contribution in [0.2, 0.25) is 0 Å². The molecule has 6 aliphatic rings. The van der Waals surface area contributed by atoms with Gasteiger partial charge >= 0.3 is 0 Å². The number of ether oxygens (including phenoxy) is 3. The van der Waals surface area contributed by atoms with E-state index >= 15 is 0 Å². The van der Waals surface area contributed by atoms with Gasteiger partial charge < -0.3 is 39.4 Å². The van der Waals surface area contributed by atoms with Gasteiger partial charge in [-0.25, -0.2) is 13.1 Å². The van der Waals surface area contributed by atoms with E-state index in [-0.39, 0.29) is 40.6 Å². The average molecular weight is 989 g/mol. The first-order chi connectivity index (χ1) is 34.2. The molecule has 2 aliphatic carbocycles. The summed E-state index contributed by atoms with van der Waals surface area (Å²) in [7, 11) is -4.62. The van der Waals surface area contributed by atoms with E-state index in [0.717, 1.165) is 81.9 Å². The zero-order chi connectivity index (χ0) is 49.1. The molecule has 17 nitrogen and oxygen atoms in total. The van der Waals surface area contributed by atoms with Crippen molar-refractivity contribution in [2.45, 2.75) is 100 Å². The van der Waals surface area contributed by atoms with Crippen molar-refractivity contribution in [2.75, 3.05) is 74.3 Å². The Balaban J connectivity index is 0.869. The summed E-state index contributed by atoms with van der Waals surface area (Å²) >= 11 is 0. The Bertz CT molecular complexity index is 2920. The van der Waals surface area contributed by atoms with Crippen LogP contribution in [0.25, 0.3) is 11.0 Å². The molecule has 5 aromatic rings. The Morgan fingerprint density at radius 2 is 1.73 bits per heavy atom. The number of nitrogens with one attached hydrogen (secondary N) is 3. The molecule has 2 aromatic heterocycles. The number of aromatic amines is 1. The first kappa shape index (κ1) is 47.5. The highest BCUT2D eigenvalue weighted by Gasteiger charge is 2.50. The number of pyridine rings is 1. The molecule has 2 saturated carbocycles. The molecule has 4 N–H and O–H groups in total. The van der Waals surface area contributed by atoms with Crippen molar-refractivity contribution >= 4 is 55.4 Å². The molecule has 71 heavy (non-hydrogen) atoms. The lowest BCUT2D eigenvalue weighted by atomic mass is 9.59. The van der Waals surface area contributed by atoms with Crippen LogP contribution in [-0.4, -0.2) is 116 Å². The molecule has 18 heteroatoms. The number of carbonyl (C=O) groups is 1. The molecule has 11 rings (SSSR count). The van der Waals surface area contributed by atoms with Gasteiger partial charge in [-0.15, -0.1) is 0 Å². The zero-order valence-corrected chi connectivity index (χ0v) is 41.3. The number of carbonyl (C=O) groups excluding carboxylic acids is 1. The number of rotatable bonds is 11. The summed E-state index contributed by atoms with van der Waals surface area (Å²) in [6.07, 6.45) is 9.41. The minimum absolute atomic E-state index is 0.0986. The zero-order valence-electron chi connectivity index (χ0n) is 40.5. The molecule has 3 atom stereocenters. The van der Waals surface area contributed by atoms with Crippen LogP contribution < -0.4 is 24.6 Å². The number of sulfonamides is 1. The highest BCUT2D eigenvalue weighted by Crippen LogP contribution is 2.53. The number of aryl methyl sites for hydroxylation is 1. The Labute approximate surface area is 414 Å². The normalized spacial score (nSPS) is 25.9. The molecule has 3 aromatic carbocycles. The number of hydrogen-bond donors (Lipinski definition) is 4. The number of H-pyrrole nitrogens is 1.